The fourth-order valence-corrected chi connectivity index (χ4v) is 3.29. The van der Waals surface area contributed by atoms with Gasteiger partial charge in [-0.05, 0) is 29.8 Å². The quantitative estimate of drug-likeness (QED) is 0.762. The number of pyridine rings is 1. The van der Waals surface area contributed by atoms with Crippen LogP contribution in [0.1, 0.15) is 22.0 Å². The van der Waals surface area contributed by atoms with E-state index in [1.807, 2.05) is 24.3 Å². The van der Waals surface area contributed by atoms with Crippen LogP contribution in [0.15, 0.2) is 42.6 Å². The maximum absolute atomic E-state index is 12.5. The predicted octanol–water partition coefficient (Wildman–Crippen LogP) is 2.56. The zero-order valence-electron chi connectivity index (χ0n) is 14.7. The number of hydrogen-bond acceptors (Lipinski definition) is 5. The molecule has 1 aromatic heterocycles. The molecule has 2 heterocycles. The van der Waals surface area contributed by atoms with E-state index < -0.39 is 0 Å². The molecule has 1 aromatic carbocycles. The molecule has 3 rings (SSSR count). The molecule has 0 spiro atoms. The monoisotopic (exact) mass is 373 g/mol. The number of morpholine rings is 1. The molecule has 0 unspecified atom stereocenters. The van der Waals surface area contributed by atoms with E-state index in [9.17, 15) is 4.79 Å². The van der Waals surface area contributed by atoms with Crippen molar-refractivity contribution < 1.29 is 14.3 Å². The van der Waals surface area contributed by atoms with Gasteiger partial charge in [-0.25, -0.2) is 0 Å². The second kappa shape index (κ2) is 8.93. The molecular weight excluding hydrogens is 350 g/mol. The van der Waals surface area contributed by atoms with Gasteiger partial charge in [-0.1, -0.05) is 24.4 Å². The number of carbonyl (C=O) groups is 1. The number of ether oxygens (including phenoxy) is 2. The summed E-state index contributed by atoms with van der Waals surface area (Å²) in [6.45, 7) is 3.56. The first-order chi connectivity index (χ1) is 12.7. The second-order valence-corrected chi connectivity index (χ2v) is 6.47. The van der Waals surface area contributed by atoms with E-state index in [0.717, 1.165) is 24.4 Å². The summed E-state index contributed by atoms with van der Waals surface area (Å²) in [6.07, 6.45) is 1.72. The van der Waals surface area contributed by atoms with Crippen LogP contribution in [0.2, 0.25) is 0 Å². The third kappa shape index (κ3) is 4.49. The third-order valence-electron chi connectivity index (χ3n) is 4.51. The van der Waals surface area contributed by atoms with E-state index in [0.29, 0.717) is 30.0 Å². The van der Waals surface area contributed by atoms with Gasteiger partial charge in [-0.15, -0.1) is 0 Å². The highest BCUT2D eigenvalue weighted by atomic mass is 32.1. The van der Waals surface area contributed by atoms with Crippen LogP contribution in [-0.4, -0.2) is 55.7 Å². The molecule has 0 radical (unpaired) electrons. The minimum Gasteiger partial charge on any atom is -0.497 e. The summed E-state index contributed by atoms with van der Waals surface area (Å²) in [5.41, 5.74) is 1.61. The molecule has 1 aliphatic rings. The Labute approximate surface area is 158 Å². The summed E-state index contributed by atoms with van der Waals surface area (Å²) >= 11 is 5.20. The van der Waals surface area contributed by atoms with Crippen LogP contribution >= 0.6 is 12.2 Å². The first-order valence-corrected chi connectivity index (χ1v) is 9.01. The molecule has 2 N–H and O–H groups in total. The highest BCUT2D eigenvalue weighted by Crippen LogP contribution is 2.23. The molecule has 138 valence electrons. The molecular formula is C19H23N3O3S. The van der Waals surface area contributed by atoms with Crippen molar-refractivity contribution in [3.05, 3.63) is 58.4 Å². The van der Waals surface area contributed by atoms with E-state index >= 15 is 0 Å². The number of aromatic nitrogens is 1. The topological polar surface area (TPSA) is 66.6 Å². The number of hydrogen-bond donors (Lipinski definition) is 2. The molecule has 1 fully saturated rings. The largest absolute Gasteiger partial charge is 0.497 e. The molecule has 1 atom stereocenters. The third-order valence-corrected chi connectivity index (χ3v) is 4.84. The minimum atomic E-state index is -0.168. The number of benzene rings is 1. The van der Waals surface area contributed by atoms with Gasteiger partial charge >= 0.3 is 0 Å². The molecule has 1 aliphatic heterocycles. The van der Waals surface area contributed by atoms with Crippen LogP contribution < -0.4 is 10.1 Å². The Bertz CT molecular complexity index is 785. The minimum absolute atomic E-state index is 0.0648. The maximum atomic E-state index is 12.5. The highest BCUT2D eigenvalue weighted by molar-refractivity contribution is 7.71. The average Bonchev–Trinajstić information content (AvgIpc) is 2.69. The van der Waals surface area contributed by atoms with E-state index in [2.05, 4.69) is 15.2 Å². The highest BCUT2D eigenvalue weighted by Gasteiger charge is 2.23. The van der Waals surface area contributed by atoms with Gasteiger partial charge in [0, 0.05) is 25.8 Å². The van der Waals surface area contributed by atoms with Gasteiger partial charge in [0.05, 0.1) is 31.9 Å². The lowest BCUT2D eigenvalue weighted by atomic mass is 10.0. The van der Waals surface area contributed by atoms with E-state index in [1.54, 1.807) is 25.4 Å². The first kappa shape index (κ1) is 18.6. The van der Waals surface area contributed by atoms with Crippen molar-refractivity contribution in [2.45, 2.75) is 6.04 Å². The standard InChI is InChI=1S/C19H23N3O3S/c1-24-15-6-4-14(5-7-15)17(22-9-11-25-12-10-22)13-21-18(23)16-3-2-8-20-19(16)26/h2-8,17H,9-13H2,1H3,(H,20,26)(H,21,23)/t17-/m1/s1. The Morgan fingerprint density at radius 3 is 2.69 bits per heavy atom. The van der Waals surface area contributed by atoms with Crippen LogP contribution in [-0.2, 0) is 4.74 Å². The zero-order valence-corrected chi connectivity index (χ0v) is 15.6. The number of nitrogens with zero attached hydrogens (tertiary/aromatic N) is 1. The second-order valence-electron chi connectivity index (χ2n) is 6.06. The lowest BCUT2D eigenvalue weighted by Gasteiger charge is -2.35. The lowest BCUT2D eigenvalue weighted by molar-refractivity contribution is 0.0162. The fourth-order valence-electron chi connectivity index (χ4n) is 3.06. The van der Waals surface area contributed by atoms with Crippen molar-refractivity contribution in [1.82, 2.24) is 15.2 Å². The van der Waals surface area contributed by atoms with Crippen LogP contribution in [0.5, 0.6) is 5.75 Å². The van der Waals surface area contributed by atoms with Gasteiger partial charge in [-0.3, -0.25) is 9.69 Å². The molecule has 26 heavy (non-hydrogen) atoms. The van der Waals surface area contributed by atoms with E-state index in [1.165, 1.54) is 0 Å². The predicted molar refractivity (Wildman–Crippen MR) is 102 cm³/mol. The summed E-state index contributed by atoms with van der Waals surface area (Å²) in [5.74, 6) is 0.646. The number of H-pyrrole nitrogens is 1. The molecule has 0 bridgehead atoms. The van der Waals surface area contributed by atoms with Gasteiger partial charge in [0.1, 0.15) is 10.4 Å². The fraction of sp³-hybridized carbons (Fsp3) is 0.368. The summed E-state index contributed by atoms with van der Waals surface area (Å²) < 4.78 is 11.2. The van der Waals surface area contributed by atoms with E-state index in [-0.39, 0.29) is 11.9 Å². The van der Waals surface area contributed by atoms with Gasteiger partial charge in [0.2, 0.25) is 0 Å². The normalized spacial score (nSPS) is 16.0. The summed E-state index contributed by atoms with van der Waals surface area (Å²) in [5, 5.41) is 3.02. The Morgan fingerprint density at radius 2 is 2.04 bits per heavy atom. The summed E-state index contributed by atoms with van der Waals surface area (Å²) in [7, 11) is 1.65. The van der Waals surface area contributed by atoms with Crippen LogP contribution in [0.3, 0.4) is 0 Å². The number of amides is 1. The molecule has 0 saturated carbocycles. The van der Waals surface area contributed by atoms with Gasteiger partial charge in [0.25, 0.3) is 5.91 Å². The van der Waals surface area contributed by atoms with Gasteiger partial charge < -0.3 is 19.8 Å². The smallest absolute Gasteiger partial charge is 0.254 e. The first-order valence-electron chi connectivity index (χ1n) is 8.60. The molecule has 6 nitrogen and oxygen atoms in total. The van der Waals surface area contributed by atoms with Crippen molar-refractivity contribution >= 4 is 18.1 Å². The molecule has 0 aliphatic carbocycles. The maximum Gasteiger partial charge on any atom is 0.254 e. The Hall–Kier alpha value is -2.22. The Kier molecular flexibility index (Phi) is 6.38. The Morgan fingerprint density at radius 1 is 1.31 bits per heavy atom. The molecule has 1 saturated heterocycles. The summed E-state index contributed by atoms with van der Waals surface area (Å²) in [4.78, 5) is 17.7. The van der Waals surface area contributed by atoms with Gasteiger partial charge in [0.15, 0.2) is 0 Å². The zero-order chi connectivity index (χ0) is 18.4. The lowest BCUT2D eigenvalue weighted by Crippen LogP contribution is -2.43. The van der Waals surface area contributed by atoms with Crippen LogP contribution in [0.25, 0.3) is 0 Å². The Balaban J connectivity index is 1.75. The molecule has 1 amide bonds. The van der Waals surface area contributed by atoms with Gasteiger partial charge in [-0.2, -0.15) is 0 Å². The number of methoxy groups -OCH3 is 1. The van der Waals surface area contributed by atoms with Crippen molar-refractivity contribution in [2.75, 3.05) is 40.0 Å². The van der Waals surface area contributed by atoms with Crippen molar-refractivity contribution in [2.24, 2.45) is 0 Å². The van der Waals surface area contributed by atoms with Crippen LogP contribution in [0.4, 0.5) is 0 Å². The average molecular weight is 373 g/mol. The van der Waals surface area contributed by atoms with Crippen molar-refractivity contribution in [1.29, 1.82) is 0 Å². The van der Waals surface area contributed by atoms with Crippen LogP contribution in [0, 0.1) is 4.64 Å². The number of carbonyl (C=O) groups excluding carboxylic acids is 1. The molecule has 2 aromatic rings. The number of nitrogens with one attached hydrogen (secondary N) is 2. The van der Waals surface area contributed by atoms with E-state index in [4.69, 9.17) is 21.7 Å². The number of rotatable bonds is 6. The number of aromatic amines is 1. The van der Waals surface area contributed by atoms with Crippen molar-refractivity contribution in [3.8, 4) is 5.75 Å². The summed E-state index contributed by atoms with van der Waals surface area (Å²) in [6, 6.07) is 11.5. The SMILES string of the molecule is COc1ccc([C@@H](CNC(=O)c2ccc[nH]c2=S)N2CCOCC2)cc1. The van der Waals surface area contributed by atoms with Crippen molar-refractivity contribution in [3.63, 3.8) is 0 Å². The molecule has 7 heteroatoms.